The maximum absolute atomic E-state index is 12.9. The smallest absolute Gasteiger partial charge is 0.251 e. The Morgan fingerprint density at radius 2 is 1.69 bits per heavy atom. The van der Waals surface area contributed by atoms with Gasteiger partial charge >= 0.3 is 0 Å². The molecular weight excluding hydrogens is 400 g/mol. The first-order valence-corrected chi connectivity index (χ1v) is 10.9. The molecule has 0 saturated carbocycles. The standard InChI is InChI=1S/C27H28N2O3/c1-3-16-32-22-14-10-20(11-15-22)27(30)29-17-24(19-8-12-21(31-2)13-9-19)25-18-28-26-7-5-4-6-23(25)26/h4-15,18,24,28H,3,16-17H2,1-2H3,(H,29,30)/t24-/m0/s1. The number of H-pyrrole nitrogens is 1. The van der Waals surface area contributed by atoms with Crippen LogP contribution in [0.1, 0.15) is 40.7 Å². The molecule has 1 aromatic heterocycles. The van der Waals surface area contributed by atoms with Crippen molar-refractivity contribution >= 4 is 16.8 Å². The number of carbonyl (C=O) groups is 1. The highest BCUT2D eigenvalue weighted by molar-refractivity contribution is 5.94. The van der Waals surface area contributed by atoms with Crippen molar-refractivity contribution in [3.63, 3.8) is 0 Å². The predicted molar refractivity (Wildman–Crippen MR) is 128 cm³/mol. The van der Waals surface area contributed by atoms with Crippen molar-refractivity contribution in [1.82, 2.24) is 10.3 Å². The van der Waals surface area contributed by atoms with Gasteiger partial charge in [0.25, 0.3) is 5.91 Å². The molecule has 32 heavy (non-hydrogen) atoms. The van der Waals surface area contributed by atoms with E-state index in [0.29, 0.717) is 18.7 Å². The minimum Gasteiger partial charge on any atom is -0.497 e. The van der Waals surface area contributed by atoms with Gasteiger partial charge in [-0.05, 0) is 60.0 Å². The van der Waals surface area contributed by atoms with Crippen LogP contribution in [0.3, 0.4) is 0 Å². The molecule has 4 rings (SSSR count). The van der Waals surface area contributed by atoms with E-state index in [1.165, 1.54) is 0 Å². The van der Waals surface area contributed by atoms with Crippen LogP contribution >= 0.6 is 0 Å². The Kier molecular flexibility index (Phi) is 6.75. The number of fused-ring (bicyclic) bond motifs is 1. The number of rotatable bonds is 9. The summed E-state index contributed by atoms with van der Waals surface area (Å²) >= 11 is 0. The van der Waals surface area contributed by atoms with Crippen LogP contribution in [0.25, 0.3) is 10.9 Å². The highest BCUT2D eigenvalue weighted by atomic mass is 16.5. The van der Waals surface area contributed by atoms with Crippen LogP contribution in [0.4, 0.5) is 0 Å². The van der Waals surface area contributed by atoms with E-state index in [4.69, 9.17) is 9.47 Å². The van der Waals surface area contributed by atoms with Crippen molar-refractivity contribution in [2.45, 2.75) is 19.3 Å². The Bertz CT molecular complexity index is 1160. The van der Waals surface area contributed by atoms with E-state index in [1.807, 2.05) is 42.6 Å². The lowest BCUT2D eigenvalue weighted by Gasteiger charge is -2.19. The normalized spacial score (nSPS) is 11.8. The second-order valence-electron chi connectivity index (χ2n) is 7.70. The molecule has 164 valence electrons. The monoisotopic (exact) mass is 428 g/mol. The largest absolute Gasteiger partial charge is 0.497 e. The lowest BCUT2D eigenvalue weighted by Crippen LogP contribution is -2.28. The quantitative estimate of drug-likeness (QED) is 0.369. The fourth-order valence-electron chi connectivity index (χ4n) is 3.85. The van der Waals surface area contributed by atoms with Gasteiger partial charge in [-0.1, -0.05) is 37.3 Å². The molecule has 0 aliphatic rings. The average Bonchev–Trinajstić information content (AvgIpc) is 3.27. The van der Waals surface area contributed by atoms with Gasteiger partial charge in [0.05, 0.1) is 13.7 Å². The minimum absolute atomic E-state index is 0.00633. The van der Waals surface area contributed by atoms with Gasteiger partial charge in [0.2, 0.25) is 0 Å². The zero-order chi connectivity index (χ0) is 22.3. The number of amides is 1. The summed E-state index contributed by atoms with van der Waals surface area (Å²) in [6.45, 7) is 3.20. The van der Waals surface area contributed by atoms with Crippen LogP contribution in [0.15, 0.2) is 79.0 Å². The van der Waals surface area contributed by atoms with Crippen molar-refractivity contribution in [2.24, 2.45) is 0 Å². The number of ether oxygens (including phenoxy) is 2. The fourth-order valence-corrected chi connectivity index (χ4v) is 3.85. The third-order valence-corrected chi connectivity index (χ3v) is 5.57. The summed E-state index contributed by atoms with van der Waals surface area (Å²) in [5, 5.41) is 4.27. The number of nitrogens with one attached hydrogen (secondary N) is 2. The van der Waals surface area contributed by atoms with Crippen molar-refractivity contribution in [1.29, 1.82) is 0 Å². The Hall–Kier alpha value is -3.73. The molecule has 0 fully saturated rings. The van der Waals surface area contributed by atoms with Crippen LogP contribution in [0.2, 0.25) is 0 Å². The van der Waals surface area contributed by atoms with Crippen LogP contribution < -0.4 is 14.8 Å². The molecule has 0 spiro atoms. The summed E-state index contributed by atoms with van der Waals surface area (Å²) in [5.74, 6) is 1.47. The zero-order valence-corrected chi connectivity index (χ0v) is 18.4. The zero-order valence-electron chi connectivity index (χ0n) is 18.4. The number of hydrogen-bond donors (Lipinski definition) is 2. The van der Waals surface area contributed by atoms with E-state index in [2.05, 4.69) is 41.5 Å². The van der Waals surface area contributed by atoms with Gasteiger partial charge < -0.3 is 19.8 Å². The van der Waals surface area contributed by atoms with Gasteiger partial charge in [-0.3, -0.25) is 4.79 Å². The van der Waals surface area contributed by atoms with E-state index in [0.717, 1.165) is 39.9 Å². The highest BCUT2D eigenvalue weighted by Crippen LogP contribution is 2.31. The number of methoxy groups -OCH3 is 1. The maximum atomic E-state index is 12.9. The molecule has 5 nitrogen and oxygen atoms in total. The molecule has 0 unspecified atom stereocenters. The number of para-hydroxylation sites is 1. The first-order valence-electron chi connectivity index (χ1n) is 10.9. The van der Waals surface area contributed by atoms with Crippen LogP contribution in [-0.4, -0.2) is 31.2 Å². The third kappa shape index (κ3) is 4.78. The Morgan fingerprint density at radius 1 is 0.969 bits per heavy atom. The van der Waals surface area contributed by atoms with E-state index in [1.54, 1.807) is 19.2 Å². The molecule has 0 aliphatic heterocycles. The topological polar surface area (TPSA) is 63.4 Å². The van der Waals surface area contributed by atoms with Gasteiger partial charge in [0, 0.05) is 35.1 Å². The van der Waals surface area contributed by atoms with Gasteiger partial charge in [-0.25, -0.2) is 0 Å². The van der Waals surface area contributed by atoms with Crippen molar-refractivity contribution in [3.05, 3.63) is 95.7 Å². The molecule has 0 aliphatic carbocycles. The van der Waals surface area contributed by atoms with Crippen LogP contribution in [-0.2, 0) is 0 Å². The van der Waals surface area contributed by atoms with Gasteiger partial charge in [-0.15, -0.1) is 0 Å². The first-order chi connectivity index (χ1) is 15.7. The van der Waals surface area contributed by atoms with Gasteiger partial charge in [0.15, 0.2) is 0 Å². The average molecular weight is 429 g/mol. The summed E-state index contributed by atoms with van der Waals surface area (Å²) < 4.78 is 10.9. The van der Waals surface area contributed by atoms with Crippen molar-refractivity contribution in [3.8, 4) is 11.5 Å². The second-order valence-corrected chi connectivity index (χ2v) is 7.70. The molecule has 3 aromatic carbocycles. The third-order valence-electron chi connectivity index (χ3n) is 5.57. The van der Waals surface area contributed by atoms with E-state index in [-0.39, 0.29) is 11.8 Å². The Morgan fingerprint density at radius 3 is 2.41 bits per heavy atom. The molecule has 1 atom stereocenters. The first kappa shape index (κ1) is 21.5. The molecule has 1 heterocycles. The van der Waals surface area contributed by atoms with Crippen molar-refractivity contribution in [2.75, 3.05) is 20.3 Å². The van der Waals surface area contributed by atoms with E-state index >= 15 is 0 Å². The van der Waals surface area contributed by atoms with Gasteiger partial charge in [0.1, 0.15) is 11.5 Å². The molecule has 4 aromatic rings. The molecule has 0 bridgehead atoms. The predicted octanol–water partition coefficient (Wildman–Crippen LogP) is 5.53. The maximum Gasteiger partial charge on any atom is 0.251 e. The SMILES string of the molecule is CCCOc1ccc(C(=O)NC[C@@H](c2ccc(OC)cc2)c2c[nH]c3ccccc23)cc1. The molecule has 0 radical (unpaired) electrons. The summed E-state index contributed by atoms with van der Waals surface area (Å²) in [4.78, 5) is 16.2. The number of aromatic amines is 1. The Balaban J connectivity index is 1.56. The lowest BCUT2D eigenvalue weighted by atomic mass is 9.90. The molecular formula is C27H28N2O3. The highest BCUT2D eigenvalue weighted by Gasteiger charge is 2.19. The molecule has 5 heteroatoms. The minimum atomic E-state index is -0.106. The molecule has 2 N–H and O–H groups in total. The van der Waals surface area contributed by atoms with Crippen LogP contribution in [0.5, 0.6) is 11.5 Å². The van der Waals surface area contributed by atoms with Crippen molar-refractivity contribution < 1.29 is 14.3 Å². The number of aromatic nitrogens is 1. The van der Waals surface area contributed by atoms with Crippen LogP contribution in [0, 0.1) is 0 Å². The molecule has 0 saturated heterocycles. The summed E-state index contributed by atoms with van der Waals surface area (Å²) in [6, 6.07) is 23.5. The van der Waals surface area contributed by atoms with E-state index in [9.17, 15) is 4.79 Å². The van der Waals surface area contributed by atoms with E-state index < -0.39 is 0 Å². The number of hydrogen-bond acceptors (Lipinski definition) is 3. The number of benzene rings is 3. The fraction of sp³-hybridized carbons (Fsp3) is 0.222. The second kappa shape index (κ2) is 10.1. The summed E-state index contributed by atoms with van der Waals surface area (Å²) in [6.07, 6.45) is 2.98. The lowest BCUT2D eigenvalue weighted by molar-refractivity contribution is 0.0952. The Labute approximate surface area is 188 Å². The number of carbonyl (C=O) groups excluding carboxylic acids is 1. The summed E-state index contributed by atoms with van der Waals surface area (Å²) in [5.41, 5.74) is 3.95. The molecule has 1 amide bonds. The summed E-state index contributed by atoms with van der Waals surface area (Å²) in [7, 11) is 1.66. The van der Waals surface area contributed by atoms with Gasteiger partial charge in [-0.2, -0.15) is 0 Å².